The average Bonchev–Trinajstić information content (AvgIpc) is 2.79. The highest BCUT2D eigenvalue weighted by atomic mass is 79.9. The number of nitrogens with one attached hydrogen (secondary N) is 1. The van der Waals surface area contributed by atoms with Gasteiger partial charge in [-0.15, -0.1) is 0 Å². The van der Waals surface area contributed by atoms with Crippen molar-refractivity contribution in [1.29, 1.82) is 0 Å². The number of halogens is 2. The molecule has 0 unspecified atom stereocenters. The van der Waals surface area contributed by atoms with E-state index in [1.54, 1.807) is 36.5 Å². The van der Waals surface area contributed by atoms with Crippen LogP contribution in [0.3, 0.4) is 0 Å². The Morgan fingerprint density at radius 3 is 2.52 bits per heavy atom. The molecule has 0 aliphatic heterocycles. The predicted molar refractivity (Wildman–Crippen MR) is 124 cm³/mol. The summed E-state index contributed by atoms with van der Waals surface area (Å²) in [6.07, 6.45) is 1.58. The van der Waals surface area contributed by atoms with Gasteiger partial charge in [0.1, 0.15) is 18.2 Å². The van der Waals surface area contributed by atoms with Crippen LogP contribution in [0.1, 0.15) is 21.5 Å². The van der Waals surface area contributed by atoms with Crippen LogP contribution >= 0.6 is 15.9 Å². The quantitative estimate of drug-likeness (QED) is 0.270. The summed E-state index contributed by atoms with van der Waals surface area (Å²) in [4.78, 5) is 12.4. The van der Waals surface area contributed by atoms with Gasteiger partial charge >= 0.3 is 0 Å². The molecular weight excluding hydrogens is 459 g/mol. The average molecular weight is 477 g/mol. The number of hydrogen-bond donors (Lipinski definition) is 1. The van der Waals surface area contributed by atoms with Crippen LogP contribution in [0, 0.1) is 5.82 Å². The number of amides is 1. The third-order valence-corrected chi connectivity index (χ3v) is 5.41. The summed E-state index contributed by atoms with van der Waals surface area (Å²) in [6, 6.07) is 25.0. The molecule has 1 amide bonds. The van der Waals surface area contributed by atoms with E-state index in [-0.39, 0.29) is 18.3 Å². The van der Waals surface area contributed by atoms with Gasteiger partial charge in [0.25, 0.3) is 5.91 Å². The van der Waals surface area contributed by atoms with Gasteiger partial charge in [0, 0.05) is 10.0 Å². The number of ether oxygens (including phenoxy) is 1. The van der Waals surface area contributed by atoms with Gasteiger partial charge in [-0.25, -0.2) is 9.82 Å². The Labute approximate surface area is 187 Å². The second-order valence-corrected chi connectivity index (χ2v) is 7.65. The van der Waals surface area contributed by atoms with E-state index in [9.17, 15) is 9.18 Å². The normalized spacial score (nSPS) is 11.0. The molecule has 0 fully saturated rings. The van der Waals surface area contributed by atoms with Crippen molar-refractivity contribution in [3.63, 3.8) is 0 Å². The van der Waals surface area contributed by atoms with Crippen molar-refractivity contribution < 1.29 is 13.9 Å². The van der Waals surface area contributed by atoms with E-state index in [0.29, 0.717) is 15.8 Å². The Morgan fingerprint density at radius 1 is 0.968 bits per heavy atom. The lowest BCUT2D eigenvalue weighted by Gasteiger charge is -2.12. The van der Waals surface area contributed by atoms with Crippen LogP contribution in [-0.4, -0.2) is 12.1 Å². The van der Waals surface area contributed by atoms with Crippen LogP contribution in [0.15, 0.2) is 94.5 Å². The fourth-order valence-electron chi connectivity index (χ4n) is 3.14. The second kappa shape index (κ2) is 9.53. The number of fused-ring (bicyclic) bond motifs is 1. The Bertz CT molecular complexity index is 1260. The van der Waals surface area contributed by atoms with E-state index < -0.39 is 0 Å². The first-order valence-corrected chi connectivity index (χ1v) is 10.4. The summed E-state index contributed by atoms with van der Waals surface area (Å²) >= 11 is 3.37. The molecule has 4 rings (SSSR count). The number of hydrazone groups is 1. The molecule has 0 atom stereocenters. The lowest BCUT2D eigenvalue weighted by atomic mass is 10.0. The van der Waals surface area contributed by atoms with Crippen LogP contribution in [0.4, 0.5) is 4.39 Å². The van der Waals surface area contributed by atoms with Crippen LogP contribution < -0.4 is 10.2 Å². The summed E-state index contributed by atoms with van der Waals surface area (Å²) in [5.41, 5.74) is 4.64. The van der Waals surface area contributed by atoms with Gasteiger partial charge in [0.05, 0.1) is 11.8 Å². The molecule has 0 bridgehead atoms. The van der Waals surface area contributed by atoms with Gasteiger partial charge in [-0.05, 0) is 62.6 Å². The smallest absolute Gasteiger partial charge is 0.272 e. The first-order chi connectivity index (χ1) is 15.1. The molecule has 0 spiro atoms. The fourth-order valence-corrected chi connectivity index (χ4v) is 3.60. The zero-order valence-electron chi connectivity index (χ0n) is 16.4. The molecule has 4 aromatic carbocycles. The molecular formula is C25H18BrFN2O2. The third kappa shape index (κ3) is 4.98. The predicted octanol–water partition coefficient (Wildman–Crippen LogP) is 6.08. The maximum Gasteiger partial charge on any atom is 0.272 e. The van der Waals surface area contributed by atoms with Crippen molar-refractivity contribution in [2.45, 2.75) is 6.61 Å². The Kier molecular flexibility index (Phi) is 6.38. The first kappa shape index (κ1) is 20.8. The standard InChI is InChI=1S/C25H18BrFN2O2/c26-23-8-4-3-7-21(23)25(30)29-28-15-22-20-6-2-1-5-18(20)11-14-24(22)31-16-17-9-12-19(27)13-10-17/h1-15H,16H2,(H,29,30)/b28-15+. The molecule has 4 aromatic rings. The van der Waals surface area contributed by atoms with Crippen LogP contribution in [0.2, 0.25) is 0 Å². The second-order valence-electron chi connectivity index (χ2n) is 6.79. The van der Waals surface area contributed by atoms with Crippen LogP contribution in [0.25, 0.3) is 10.8 Å². The number of carbonyl (C=O) groups is 1. The van der Waals surface area contributed by atoms with Crippen LogP contribution in [0.5, 0.6) is 5.75 Å². The molecule has 0 saturated heterocycles. The van der Waals surface area contributed by atoms with Gasteiger partial charge < -0.3 is 4.74 Å². The highest BCUT2D eigenvalue weighted by molar-refractivity contribution is 9.10. The lowest BCUT2D eigenvalue weighted by molar-refractivity contribution is 0.0954. The minimum absolute atomic E-state index is 0.281. The molecule has 31 heavy (non-hydrogen) atoms. The van der Waals surface area contributed by atoms with Gasteiger partial charge in [-0.2, -0.15) is 5.10 Å². The number of rotatable bonds is 6. The van der Waals surface area contributed by atoms with Crippen molar-refractivity contribution in [3.8, 4) is 5.75 Å². The molecule has 0 aromatic heterocycles. The Balaban J connectivity index is 1.59. The van der Waals surface area contributed by atoms with E-state index in [4.69, 9.17) is 4.74 Å². The summed E-state index contributed by atoms with van der Waals surface area (Å²) in [6.45, 7) is 0.281. The van der Waals surface area contributed by atoms with Gasteiger partial charge in [-0.1, -0.05) is 54.6 Å². The molecule has 0 aliphatic carbocycles. The van der Waals surface area contributed by atoms with E-state index in [1.807, 2.05) is 42.5 Å². The summed E-state index contributed by atoms with van der Waals surface area (Å²) < 4.78 is 19.8. The number of nitrogens with zero attached hydrogens (tertiary/aromatic N) is 1. The first-order valence-electron chi connectivity index (χ1n) is 9.59. The third-order valence-electron chi connectivity index (χ3n) is 4.72. The lowest BCUT2D eigenvalue weighted by Crippen LogP contribution is -2.18. The summed E-state index contributed by atoms with van der Waals surface area (Å²) in [7, 11) is 0. The molecule has 4 nitrogen and oxygen atoms in total. The maximum atomic E-state index is 13.1. The molecule has 0 heterocycles. The van der Waals surface area contributed by atoms with E-state index in [1.165, 1.54) is 12.1 Å². The molecule has 0 saturated carbocycles. The molecule has 154 valence electrons. The number of benzene rings is 4. The van der Waals surface area contributed by atoms with Crippen molar-refractivity contribution in [2.75, 3.05) is 0 Å². The van der Waals surface area contributed by atoms with Gasteiger partial charge in [0.15, 0.2) is 0 Å². The Hall–Kier alpha value is -3.51. The van der Waals surface area contributed by atoms with Crippen molar-refractivity contribution in [2.24, 2.45) is 5.10 Å². The van der Waals surface area contributed by atoms with Crippen molar-refractivity contribution >= 4 is 38.8 Å². The topological polar surface area (TPSA) is 50.7 Å². The zero-order chi connectivity index (χ0) is 21.6. The minimum Gasteiger partial charge on any atom is -0.488 e. The van der Waals surface area contributed by atoms with E-state index >= 15 is 0 Å². The monoisotopic (exact) mass is 476 g/mol. The van der Waals surface area contributed by atoms with E-state index in [2.05, 4.69) is 26.5 Å². The summed E-state index contributed by atoms with van der Waals surface area (Å²) in [5.74, 6) is 0.00253. The molecule has 0 aliphatic rings. The van der Waals surface area contributed by atoms with Crippen molar-refractivity contribution in [1.82, 2.24) is 5.43 Å². The van der Waals surface area contributed by atoms with Gasteiger partial charge in [0.2, 0.25) is 0 Å². The molecule has 1 N–H and O–H groups in total. The maximum absolute atomic E-state index is 13.1. The summed E-state index contributed by atoms with van der Waals surface area (Å²) in [5, 5.41) is 6.13. The largest absolute Gasteiger partial charge is 0.488 e. The SMILES string of the molecule is O=C(N/N=C/c1c(OCc2ccc(F)cc2)ccc2ccccc12)c1ccccc1Br. The number of carbonyl (C=O) groups excluding carboxylic acids is 1. The Morgan fingerprint density at radius 2 is 1.71 bits per heavy atom. The zero-order valence-corrected chi connectivity index (χ0v) is 18.0. The minimum atomic E-state index is -0.322. The number of hydrogen-bond acceptors (Lipinski definition) is 3. The fraction of sp³-hybridized carbons (Fsp3) is 0.0400. The van der Waals surface area contributed by atoms with Crippen molar-refractivity contribution in [3.05, 3.63) is 112 Å². The van der Waals surface area contributed by atoms with E-state index in [0.717, 1.165) is 21.9 Å². The van der Waals surface area contributed by atoms with Gasteiger partial charge in [-0.3, -0.25) is 4.79 Å². The highest BCUT2D eigenvalue weighted by Crippen LogP contribution is 2.27. The van der Waals surface area contributed by atoms with Crippen LogP contribution in [-0.2, 0) is 6.61 Å². The molecule has 0 radical (unpaired) electrons. The highest BCUT2D eigenvalue weighted by Gasteiger charge is 2.10. The molecule has 6 heteroatoms.